The molecular formula is C26H34N4O6. The molecule has 0 aliphatic carbocycles. The fourth-order valence-electron chi connectivity index (χ4n) is 3.26. The molecule has 2 amide bonds. The summed E-state index contributed by atoms with van der Waals surface area (Å²) in [5.41, 5.74) is 6.43. The lowest BCUT2D eigenvalue weighted by Crippen LogP contribution is -2.17. The first-order valence-corrected chi connectivity index (χ1v) is 11.6. The number of hydrogen-bond acceptors (Lipinski definition) is 8. The van der Waals surface area contributed by atoms with Crippen molar-refractivity contribution in [2.24, 2.45) is 10.2 Å². The summed E-state index contributed by atoms with van der Waals surface area (Å²) < 4.78 is 20.9. The molecule has 2 rings (SSSR count). The molecule has 0 aliphatic rings. The maximum atomic E-state index is 12.0. The van der Waals surface area contributed by atoms with Crippen molar-refractivity contribution in [1.82, 2.24) is 10.9 Å². The average molecular weight is 499 g/mol. The van der Waals surface area contributed by atoms with E-state index in [0.29, 0.717) is 59.8 Å². The Hall–Kier alpha value is -4.08. The molecule has 0 saturated carbocycles. The van der Waals surface area contributed by atoms with Gasteiger partial charge in [-0.15, -0.1) is 0 Å². The van der Waals surface area contributed by atoms with Gasteiger partial charge in [-0.3, -0.25) is 9.59 Å². The average Bonchev–Trinajstić information content (AvgIpc) is 2.90. The van der Waals surface area contributed by atoms with Gasteiger partial charge >= 0.3 is 0 Å². The summed E-state index contributed by atoms with van der Waals surface area (Å²) in [4.78, 5) is 24.0. The lowest BCUT2D eigenvalue weighted by atomic mass is 10.1. The second-order valence-corrected chi connectivity index (χ2v) is 7.72. The van der Waals surface area contributed by atoms with Crippen molar-refractivity contribution in [3.05, 3.63) is 47.5 Å². The smallest absolute Gasteiger partial charge is 0.240 e. The minimum atomic E-state index is -0.173. The molecule has 10 nitrogen and oxygen atoms in total. The molecule has 2 aromatic rings. The molecule has 0 fully saturated rings. The van der Waals surface area contributed by atoms with Crippen LogP contribution in [0.5, 0.6) is 23.0 Å². The normalized spacial score (nSPS) is 10.9. The van der Waals surface area contributed by atoms with Gasteiger partial charge in [0.05, 0.1) is 40.9 Å². The van der Waals surface area contributed by atoms with Crippen molar-refractivity contribution >= 4 is 24.2 Å². The number of unbranched alkanes of at least 4 members (excludes halogenated alkanes) is 3. The molecule has 0 aromatic heterocycles. The molecule has 0 atom stereocenters. The molecular weight excluding hydrogens is 464 g/mol. The zero-order chi connectivity index (χ0) is 26.2. The Kier molecular flexibility index (Phi) is 12.3. The predicted molar refractivity (Wildman–Crippen MR) is 138 cm³/mol. The Balaban J connectivity index is 1.62. The van der Waals surface area contributed by atoms with E-state index in [1.165, 1.54) is 12.4 Å². The lowest BCUT2D eigenvalue weighted by molar-refractivity contribution is -0.122. The van der Waals surface area contributed by atoms with Crippen molar-refractivity contribution < 1.29 is 28.5 Å². The van der Waals surface area contributed by atoms with E-state index in [1.54, 1.807) is 64.8 Å². The van der Waals surface area contributed by atoms with Gasteiger partial charge in [0.1, 0.15) is 23.0 Å². The fraction of sp³-hybridized carbons (Fsp3) is 0.385. The number of carbonyl (C=O) groups is 2. The number of hydrogen-bond donors (Lipinski definition) is 2. The first-order chi connectivity index (χ1) is 17.5. The minimum Gasteiger partial charge on any atom is -0.497 e. The molecule has 0 radical (unpaired) electrons. The van der Waals surface area contributed by atoms with E-state index >= 15 is 0 Å². The predicted octanol–water partition coefficient (Wildman–Crippen LogP) is 3.66. The third kappa shape index (κ3) is 9.65. The Morgan fingerprint density at radius 2 is 1.08 bits per heavy atom. The Labute approximate surface area is 211 Å². The van der Waals surface area contributed by atoms with E-state index in [1.807, 2.05) is 0 Å². The van der Waals surface area contributed by atoms with E-state index < -0.39 is 0 Å². The van der Waals surface area contributed by atoms with E-state index in [4.69, 9.17) is 18.9 Å². The van der Waals surface area contributed by atoms with Crippen LogP contribution >= 0.6 is 0 Å². The maximum absolute atomic E-state index is 12.0. The van der Waals surface area contributed by atoms with Crippen molar-refractivity contribution in [3.63, 3.8) is 0 Å². The van der Waals surface area contributed by atoms with Crippen molar-refractivity contribution in [3.8, 4) is 23.0 Å². The van der Waals surface area contributed by atoms with Crippen molar-refractivity contribution in [1.29, 1.82) is 0 Å². The van der Waals surface area contributed by atoms with Gasteiger partial charge < -0.3 is 18.9 Å². The molecule has 0 heterocycles. The number of nitrogens with one attached hydrogen (secondary N) is 2. The summed E-state index contributed by atoms with van der Waals surface area (Å²) in [6, 6.07) is 10.6. The largest absolute Gasteiger partial charge is 0.497 e. The molecule has 2 N–H and O–H groups in total. The van der Waals surface area contributed by atoms with E-state index in [0.717, 1.165) is 12.8 Å². The van der Waals surface area contributed by atoms with Gasteiger partial charge in [0.25, 0.3) is 0 Å². The number of nitrogens with zero attached hydrogens (tertiary/aromatic N) is 2. The zero-order valence-electron chi connectivity index (χ0n) is 21.2. The quantitative estimate of drug-likeness (QED) is 0.220. The van der Waals surface area contributed by atoms with Gasteiger partial charge in [-0.2, -0.15) is 10.2 Å². The van der Waals surface area contributed by atoms with Gasteiger partial charge in [-0.05, 0) is 49.2 Å². The second-order valence-electron chi connectivity index (χ2n) is 7.72. The number of carbonyl (C=O) groups excluding carboxylic acids is 2. The molecule has 0 bridgehead atoms. The molecule has 0 spiro atoms. The van der Waals surface area contributed by atoms with Gasteiger partial charge in [-0.1, -0.05) is 12.8 Å². The molecule has 0 saturated heterocycles. The highest BCUT2D eigenvalue weighted by atomic mass is 16.5. The number of benzene rings is 2. The summed E-state index contributed by atoms with van der Waals surface area (Å²) in [7, 11) is 6.28. The number of hydrazone groups is 2. The summed E-state index contributed by atoms with van der Waals surface area (Å²) in [6.07, 6.45) is 6.82. The first-order valence-electron chi connectivity index (χ1n) is 11.6. The number of methoxy groups -OCH3 is 4. The molecule has 0 unspecified atom stereocenters. The van der Waals surface area contributed by atoms with Gasteiger partial charge in [0, 0.05) is 24.0 Å². The summed E-state index contributed by atoms with van der Waals surface area (Å²) in [5.74, 6) is 2.25. The second kappa shape index (κ2) is 15.8. The van der Waals surface area contributed by atoms with E-state index in [-0.39, 0.29) is 11.8 Å². The summed E-state index contributed by atoms with van der Waals surface area (Å²) in [5, 5.41) is 7.99. The van der Waals surface area contributed by atoms with Crippen LogP contribution in [-0.2, 0) is 9.59 Å². The van der Waals surface area contributed by atoms with Crippen LogP contribution in [-0.4, -0.2) is 52.7 Å². The van der Waals surface area contributed by atoms with Gasteiger partial charge in [0.15, 0.2) is 0 Å². The fourth-order valence-corrected chi connectivity index (χ4v) is 3.26. The first kappa shape index (κ1) is 28.2. The van der Waals surface area contributed by atoms with Crippen LogP contribution in [0.3, 0.4) is 0 Å². The molecule has 10 heteroatoms. The SMILES string of the molecule is COc1ccc(OC)c(C=NNC(=O)CCCCCCC(=O)NN=Cc2cc(OC)ccc2OC)c1. The maximum Gasteiger partial charge on any atom is 0.240 e. The Morgan fingerprint density at radius 3 is 1.44 bits per heavy atom. The number of ether oxygens (including phenoxy) is 4. The van der Waals surface area contributed by atoms with Crippen LogP contribution < -0.4 is 29.8 Å². The third-order valence-corrected chi connectivity index (χ3v) is 5.22. The van der Waals surface area contributed by atoms with E-state index in [2.05, 4.69) is 21.1 Å². The Morgan fingerprint density at radius 1 is 0.667 bits per heavy atom. The van der Waals surface area contributed by atoms with Crippen molar-refractivity contribution in [2.75, 3.05) is 28.4 Å². The van der Waals surface area contributed by atoms with Crippen molar-refractivity contribution in [2.45, 2.75) is 38.5 Å². The van der Waals surface area contributed by atoms with Crippen LogP contribution in [0.1, 0.15) is 49.7 Å². The third-order valence-electron chi connectivity index (χ3n) is 5.22. The highest BCUT2D eigenvalue weighted by molar-refractivity contribution is 5.86. The van der Waals surface area contributed by atoms with Crippen LogP contribution in [0.25, 0.3) is 0 Å². The highest BCUT2D eigenvalue weighted by Gasteiger charge is 2.05. The topological polar surface area (TPSA) is 120 Å². The van der Waals surface area contributed by atoms with Crippen LogP contribution in [0.4, 0.5) is 0 Å². The van der Waals surface area contributed by atoms with E-state index in [9.17, 15) is 9.59 Å². The Bertz CT molecular complexity index is 971. The van der Waals surface area contributed by atoms with Crippen LogP contribution in [0.15, 0.2) is 46.6 Å². The van der Waals surface area contributed by atoms with Crippen LogP contribution in [0.2, 0.25) is 0 Å². The van der Waals surface area contributed by atoms with Crippen LogP contribution in [0, 0.1) is 0 Å². The monoisotopic (exact) mass is 498 g/mol. The number of amides is 2. The molecule has 194 valence electrons. The lowest BCUT2D eigenvalue weighted by Gasteiger charge is -2.07. The van der Waals surface area contributed by atoms with Gasteiger partial charge in [-0.25, -0.2) is 10.9 Å². The zero-order valence-corrected chi connectivity index (χ0v) is 21.2. The summed E-state index contributed by atoms with van der Waals surface area (Å²) in [6.45, 7) is 0. The van der Waals surface area contributed by atoms with Gasteiger partial charge in [0.2, 0.25) is 11.8 Å². The standard InChI is InChI=1S/C26H34N4O6/c1-33-21-11-13-23(35-3)19(15-21)17-27-29-25(31)9-7-5-6-8-10-26(32)30-28-18-20-16-22(34-2)12-14-24(20)36-4/h11-18H,5-10H2,1-4H3,(H,29,31)(H,30,32). The minimum absolute atomic E-state index is 0.173. The number of rotatable bonds is 15. The summed E-state index contributed by atoms with van der Waals surface area (Å²) >= 11 is 0. The molecule has 2 aromatic carbocycles. The molecule has 36 heavy (non-hydrogen) atoms. The highest BCUT2D eigenvalue weighted by Crippen LogP contribution is 2.23. The molecule has 0 aliphatic heterocycles.